The van der Waals surface area contributed by atoms with Crippen LogP contribution in [0.4, 0.5) is 11.8 Å². The molecule has 0 aliphatic heterocycles. The molecule has 3 aromatic heterocycles. The van der Waals surface area contributed by atoms with Gasteiger partial charge in [0.15, 0.2) is 0 Å². The Balaban J connectivity index is 1.84. The SMILES string of the molecule is COc1nc(NC(C)C)ncc1-c1ccc(Oc2ccnc(NC(C)=O)c2)c(C)n1. The number of nitrogens with zero attached hydrogens (tertiary/aromatic N) is 4. The third-order valence-corrected chi connectivity index (χ3v) is 3.94. The Morgan fingerprint density at radius 2 is 1.93 bits per heavy atom. The van der Waals surface area contributed by atoms with Gasteiger partial charge in [-0.1, -0.05) is 0 Å². The van der Waals surface area contributed by atoms with E-state index in [9.17, 15) is 4.79 Å². The van der Waals surface area contributed by atoms with Crippen LogP contribution < -0.4 is 20.1 Å². The van der Waals surface area contributed by atoms with Gasteiger partial charge in [0.05, 0.1) is 24.1 Å². The summed E-state index contributed by atoms with van der Waals surface area (Å²) in [5.41, 5.74) is 2.02. The van der Waals surface area contributed by atoms with E-state index in [4.69, 9.17) is 9.47 Å². The van der Waals surface area contributed by atoms with Crippen LogP contribution in [0.3, 0.4) is 0 Å². The first-order valence-corrected chi connectivity index (χ1v) is 9.42. The molecule has 0 spiro atoms. The first-order valence-electron chi connectivity index (χ1n) is 9.42. The summed E-state index contributed by atoms with van der Waals surface area (Å²) in [7, 11) is 1.56. The van der Waals surface area contributed by atoms with Crippen LogP contribution in [0, 0.1) is 6.92 Å². The summed E-state index contributed by atoms with van der Waals surface area (Å²) in [6.07, 6.45) is 3.24. The van der Waals surface area contributed by atoms with Gasteiger partial charge in [0.25, 0.3) is 0 Å². The lowest BCUT2D eigenvalue weighted by molar-refractivity contribution is -0.114. The van der Waals surface area contributed by atoms with Crippen molar-refractivity contribution in [3.8, 4) is 28.6 Å². The fourth-order valence-electron chi connectivity index (χ4n) is 2.68. The number of methoxy groups -OCH3 is 1. The molecular weight excluding hydrogens is 384 g/mol. The summed E-state index contributed by atoms with van der Waals surface area (Å²) >= 11 is 0. The summed E-state index contributed by atoms with van der Waals surface area (Å²) in [6, 6.07) is 7.18. The Hall–Kier alpha value is -3.75. The number of aryl methyl sites for hydroxylation is 1. The maximum atomic E-state index is 11.2. The maximum Gasteiger partial charge on any atom is 0.227 e. The van der Waals surface area contributed by atoms with E-state index in [1.54, 1.807) is 31.6 Å². The van der Waals surface area contributed by atoms with Gasteiger partial charge in [-0.05, 0) is 39.0 Å². The van der Waals surface area contributed by atoms with E-state index in [0.717, 1.165) is 0 Å². The van der Waals surface area contributed by atoms with Crippen LogP contribution in [0.5, 0.6) is 17.4 Å². The quantitative estimate of drug-likeness (QED) is 0.607. The minimum absolute atomic E-state index is 0.201. The van der Waals surface area contributed by atoms with Crippen LogP contribution in [0.2, 0.25) is 0 Å². The molecule has 0 aliphatic rings. The number of hydrogen-bond acceptors (Lipinski definition) is 8. The number of aromatic nitrogens is 4. The molecule has 30 heavy (non-hydrogen) atoms. The van der Waals surface area contributed by atoms with Crippen molar-refractivity contribution in [1.29, 1.82) is 0 Å². The van der Waals surface area contributed by atoms with Crippen molar-refractivity contribution < 1.29 is 14.3 Å². The number of rotatable bonds is 7. The lowest BCUT2D eigenvalue weighted by Crippen LogP contribution is -2.13. The molecule has 9 heteroatoms. The zero-order chi connectivity index (χ0) is 21.7. The van der Waals surface area contributed by atoms with Gasteiger partial charge in [0.2, 0.25) is 17.7 Å². The molecular formula is C21H24N6O3. The van der Waals surface area contributed by atoms with Crippen LogP contribution in [0.15, 0.2) is 36.7 Å². The third-order valence-electron chi connectivity index (χ3n) is 3.94. The number of carbonyl (C=O) groups excluding carboxylic acids is 1. The normalized spacial score (nSPS) is 10.6. The molecule has 1 amide bonds. The van der Waals surface area contributed by atoms with Crippen LogP contribution in [0.1, 0.15) is 26.5 Å². The maximum absolute atomic E-state index is 11.2. The number of hydrogen-bond donors (Lipinski definition) is 2. The van der Waals surface area contributed by atoms with E-state index < -0.39 is 0 Å². The minimum atomic E-state index is -0.201. The van der Waals surface area contributed by atoms with E-state index in [2.05, 4.69) is 30.6 Å². The van der Waals surface area contributed by atoms with Gasteiger partial charge in [0, 0.05) is 31.4 Å². The monoisotopic (exact) mass is 408 g/mol. The van der Waals surface area contributed by atoms with Crippen molar-refractivity contribution in [2.45, 2.75) is 33.7 Å². The Bertz CT molecular complexity index is 1050. The fraction of sp³-hybridized carbons (Fsp3) is 0.286. The second-order valence-electron chi connectivity index (χ2n) is 6.86. The van der Waals surface area contributed by atoms with Crippen LogP contribution in [-0.2, 0) is 4.79 Å². The third kappa shape index (κ3) is 5.19. The second kappa shape index (κ2) is 9.17. The van der Waals surface area contributed by atoms with E-state index in [-0.39, 0.29) is 11.9 Å². The lowest BCUT2D eigenvalue weighted by Gasteiger charge is -2.13. The molecule has 0 radical (unpaired) electrons. The molecule has 0 saturated carbocycles. The Morgan fingerprint density at radius 3 is 2.60 bits per heavy atom. The topological polar surface area (TPSA) is 111 Å². The number of anilines is 2. The predicted molar refractivity (Wildman–Crippen MR) is 114 cm³/mol. The second-order valence-corrected chi connectivity index (χ2v) is 6.86. The number of amides is 1. The Labute approximate surface area is 174 Å². The Kier molecular flexibility index (Phi) is 6.41. The highest BCUT2D eigenvalue weighted by atomic mass is 16.5. The molecule has 9 nitrogen and oxygen atoms in total. The van der Waals surface area contributed by atoms with E-state index in [1.807, 2.05) is 32.9 Å². The summed E-state index contributed by atoms with van der Waals surface area (Å²) in [4.78, 5) is 28.7. The molecule has 3 heterocycles. The molecule has 0 unspecified atom stereocenters. The van der Waals surface area contributed by atoms with Crippen molar-refractivity contribution in [3.05, 3.63) is 42.4 Å². The highest BCUT2D eigenvalue weighted by Crippen LogP contribution is 2.31. The lowest BCUT2D eigenvalue weighted by atomic mass is 10.2. The van der Waals surface area contributed by atoms with Gasteiger partial charge in [-0.3, -0.25) is 4.79 Å². The molecule has 0 aliphatic carbocycles. The molecule has 3 aromatic rings. The average molecular weight is 408 g/mol. The Morgan fingerprint density at radius 1 is 1.13 bits per heavy atom. The zero-order valence-electron chi connectivity index (χ0n) is 17.6. The minimum Gasteiger partial charge on any atom is -0.480 e. The molecule has 0 saturated heterocycles. The van der Waals surface area contributed by atoms with E-state index >= 15 is 0 Å². The predicted octanol–water partition coefficient (Wildman–Crippen LogP) is 3.82. The van der Waals surface area contributed by atoms with Crippen molar-refractivity contribution >= 4 is 17.7 Å². The average Bonchev–Trinajstić information content (AvgIpc) is 2.69. The standard InChI is InChI=1S/C21H24N6O3/c1-12(2)24-21-23-11-16(20(27-21)29-5)17-6-7-18(13(3)25-17)30-15-8-9-22-19(10-15)26-14(4)28/h6-12H,1-5H3,(H,22,26,28)(H,23,24,27). The summed E-state index contributed by atoms with van der Waals surface area (Å²) in [5.74, 6) is 2.26. The van der Waals surface area contributed by atoms with E-state index in [1.165, 1.54) is 6.92 Å². The highest BCUT2D eigenvalue weighted by Gasteiger charge is 2.14. The summed E-state index contributed by atoms with van der Waals surface area (Å²) < 4.78 is 11.3. The van der Waals surface area contributed by atoms with Crippen LogP contribution in [-0.4, -0.2) is 39.0 Å². The molecule has 0 bridgehead atoms. The van der Waals surface area contributed by atoms with Crippen molar-refractivity contribution in [1.82, 2.24) is 19.9 Å². The van der Waals surface area contributed by atoms with Crippen LogP contribution >= 0.6 is 0 Å². The van der Waals surface area contributed by atoms with Gasteiger partial charge >= 0.3 is 0 Å². The van der Waals surface area contributed by atoms with Crippen molar-refractivity contribution in [2.24, 2.45) is 0 Å². The van der Waals surface area contributed by atoms with Crippen molar-refractivity contribution in [3.63, 3.8) is 0 Å². The molecule has 2 N–H and O–H groups in total. The van der Waals surface area contributed by atoms with Gasteiger partial charge in [-0.2, -0.15) is 4.98 Å². The largest absolute Gasteiger partial charge is 0.480 e. The number of pyridine rings is 2. The van der Waals surface area contributed by atoms with Gasteiger partial charge in [-0.15, -0.1) is 0 Å². The fourth-order valence-corrected chi connectivity index (χ4v) is 2.68. The molecule has 0 atom stereocenters. The molecule has 0 aromatic carbocycles. The zero-order valence-corrected chi connectivity index (χ0v) is 17.6. The van der Waals surface area contributed by atoms with E-state index in [0.29, 0.717) is 46.1 Å². The molecule has 0 fully saturated rings. The first-order chi connectivity index (χ1) is 14.4. The van der Waals surface area contributed by atoms with Gasteiger partial charge in [0.1, 0.15) is 17.3 Å². The molecule has 3 rings (SSSR count). The van der Waals surface area contributed by atoms with Gasteiger partial charge in [-0.25, -0.2) is 15.0 Å². The summed E-state index contributed by atoms with van der Waals surface area (Å²) in [5, 5.41) is 5.77. The van der Waals surface area contributed by atoms with Crippen molar-refractivity contribution in [2.75, 3.05) is 17.7 Å². The number of ether oxygens (including phenoxy) is 2. The number of nitrogens with one attached hydrogen (secondary N) is 2. The van der Waals surface area contributed by atoms with Gasteiger partial charge < -0.3 is 20.1 Å². The first kappa shape index (κ1) is 21.0. The smallest absolute Gasteiger partial charge is 0.227 e. The highest BCUT2D eigenvalue weighted by molar-refractivity contribution is 5.87. The van der Waals surface area contributed by atoms with Crippen LogP contribution in [0.25, 0.3) is 11.3 Å². The summed E-state index contributed by atoms with van der Waals surface area (Å²) in [6.45, 7) is 7.28. The number of carbonyl (C=O) groups is 1. The molecule has 156 valence electrons.